The quantitative estimate of drug-likeness (QED) is 0.592. The lowest BCUT2D eigenvalue weighted by atomic mass is 10.1. The van der Waals surface area contributed by atoms with E-state index in [-0.39, 0.29) is 5.56 Å². The van der Waals surface area contributed by atoms with Crippen LogP contribution in [0, 0.1) is 22.1 Å². The summed E-state index contributed by atoms with van der Waals surface area (Å²) in [6.45, 7) is 0. The van der Waals surface area contributed by atoms with Gasteiger partial charge in [0.05, 0.1) is 0 Å². The van der Waals surface area contributed by atoms with Gasteiger partial charge in [-0.1, -0.05) is 18.3 Å². The maximum Gasteiger partial charge on any atom is 0.195 e. The Morgan fingerprint density at radius 2 is 1.69 bits per heavy atom. The van der Waals surface area contributed by atoms with Gasteiger partial charge in [0.15, 0.2) is 17.5 Å². The van der Waals surface area contributed by atoms with Gasteiger partial charge in [0.1, 0.15) is 4.64 Å². The van der Waals surface area contributed by atoms with E-state index in [4.69, 9.17) is 12.2 Å². The summed E-state index contributed by atoms with van der Waals surface area (Å²) in [5.74, 6) is -3.92. The number of hydrogen-bond donors (Lipinski definition) is 1. The lowest BCUT2D eigenvalue weighted by Gasteiger charge is -2.04. The molecule has 82 valence electrons. The molecular weight excluding hydrogens is 235 g/mol. The molecule has 5 heteroatoms. The zero-order valence-electron chi connectivity index (χ0n) is 7.93. The highest BCUT2D eigenvalue weighted by Crippen LogP contribution is 2.23. The summed E-state index contributed by atoms with van der Waals surface area (Å²) >= 11 is 4.86. The molecule has 0 aliphatic rings. The van der Waals surface area contributed by atoms with E-state index in [0.717, 1.165) is 12.1 Å². The standard InChI is InChI=1S/C11H6F3NS/c12-7-5-4-6(10(13)11(7)14)8-2-1-3-9(16)15-8/h1-5H,(H,15,16). The highest BCUT2D eigenvalue weighted by Gasteiger charge is 2.14. The number of rotatable bonds is 1. The predicted molar refractivity (Wildman–Crippen MR) is 56.9 cm³/mol. The molecule has 1 heterocycles. The van der Waals surface area contributed by atoms with Crippen LogP contribution in [0.5, 0.6) is 0 Å². The molecule has 0 saturated heterocycles. The average molecular weight is 241 g/mol. The van der Waals surface area contributed by atoms with Crippen LogP contribution in [-0.4, -0.2) is 4.98 Å². The number of H-pyrrole nitrogens is 1. The zero-order chi connectivity index (χ0) is 11.7. The van der Waals surface area contributed by atoms with Crippen molar-refractivity contribution in [3.63, 3.8) is 0 Å². The van der Waals surface area contributed by atoms with E-state index < -0.39 is 17.5 Å². The lowest BCUT2D eigenvalue weighted by molar-refractivity contribution is 0.449. The molecule has 0 aliphatic carbocycles. The molecule has 0 atom stereocenters. The molecule has 0 spiro atoms. The Labute approximate surface area is 94.6 Å². The SMILES string of the molecule is Fc1ccc(-c2cccc(=S)[nH]2)c(F)c1F. The van der Waals surface area contributed by atoms with Gasteiger partial charge in [-0.15, -0.1) is 0 Å². The maximum absolute atomic E-state index is 13.4. The molecule has 2 aromatic rings. The first kappa shape index (κ1) is 10.9. The van der Waals surface area contributed by atoms with E-state index in [1.807, 2.05) is 0 Å². The smallest absolute Gasteiger partial charge is 0.195 e. The number of aromatic nitrogens is 1. The van der Waals surface area contributed by atoms with Gasteiger partial charge >= 0.3 is 0 Å². The van der Waals surface area contributed by atoms with Crippen molar-refractivity contribution >= 4 is 12.2 Å². The average Bonchev–Trinajstić information content (AvgIpc) is 2.26. The summed E-state index contributed by atoms with van der Waals surface area (Å²) in [5.41, 5.74) is 0.259. The normalized spacial score (nSPS) is 10.4. The zero-order valence-corrected chi connectivity index (χ0v) is 8.75. The first-order chi connectivity index (χ1) is 7.59. The maximum atomic E-state index is 13.4. The fourth-order valence-corrected chi connectivity index (χ4v) is 1.53. The summed E-state index contributed by atoms with van der Waals surface area (Å²) in [6, 6.07) is 6.78. The minimum Gasteiger partial charge on any atom is -0.346 e. The van der Waals surface area contributed by atoms with Gasteiger partial charge < -0.3 is 4.98 Å². The first-order valence-electron chi connectivity index (χ1n) is 4.43. The minimum absolute atomic E-state index is 0.0504. The van der Waals surface area contributed by atoms with Crippen molar-refractivity contribution in [3.8, 4) is 11.3 Å². The Morgan fingerprint density at radius 1 is 0.938 bits per heavy atom. The summed E-state index contributed by atoms with van der Waals surface area (Å²) in [7, 11) is 0. The summed E-state index contributed by atoms with van der Waals surface area (Å²) in [4.78, 5) is 2.70. The van der Waals surface area contributed by atoms with Gasteiger partial charge in [0, 0.05) is 11.3 Å². The predicted octanol–water partition coefficient (Wildman–Crippen LogP) is 3.83. The van der Waals surface area contributed by atoms with Crippen LogP contribution in [0.2, 0.25) is 0 Å². The molecule has 0 bridgehead atoms. The fourth-order valence-electron chi connectivity index (χ4n) is 1.34. The van der Waals surface area contributed by atoms with E-state index in [9.17, 15) is 13.2 Å². The molecule has 0 aliphatic heterocycles. The third-order valence-electron chi connectivity index (χ3n) is 2.09. The number of benzene rings is 1. The molecule has 0 saturated carbocycles. The van der Waals surface area contributed by atoms with Crippen LogP contribution in [0.25, 0.3) is 11.3 Å². The van der Waals surface area contributed by atoms with Crippen molar-refractivity contribution in [1.82, 2.24) is 4.98 Å². The summed E-state index contributed by atoms with van der Waals surface area (Å²) < 4.78 is 39.5. The van der Waals surface area contributed by atoms with Gasteiger partial charge in [-0.2, -0.15) is 0 Å². The molecule has 0 fully saturated rings. The fraction of sp³-hybridized carbons (Fsp3) is 0. The van der Waals surface area contributed by atoms with Crippen molar-refractivity contribution in [2.45, 2.75) is 0 Å². The first-order valence-corrected chi connectivity index (χ1v) is 4.83. The van der Waals surface area contributed by atoms with E-state index in [1.165, 1.54) is 6.07 Å². The van der Waals surface area contributed by atoms with Crippen LogP contribution >= 0.6 is 12.2 Å². The highest BCUT2D eigenvalue weighted by molar-refractivity contribution is 7.71. The molecule has 1 N–H and O–H groups in total. The molecule has 0 radical (unpaired) electrons. The third kappa shape index (κ3) is 1.86. The minimum atomic E-state index is -1.49. The largest absolute Gasteiger partial charge is 0.346 e. The van der Waals surface area contributed by atoms with Crippen LogP contribution in [0.3, 0.4) is 0 Å². The van der Waals surface area contributed by atoms with Crippen LogP contribution < -0.4 is 0 Å². The second-order valence-corrected chi connectivity index (χ2v) is 3.59. The number of aromatic amines is 1. The Bertz CT molecular complexity index is 592. The van der Waals surface area contributed by atoms with Crippen LogP contribution in [0.15, 0.2) is 30.3 Å². The second kappa shape index (κ2) is 4.09. The lowest BCUT2D eigenvalue weighted by Crippen LogP contribution is -1.95. The topological polar surface area (TPSA) is 15.8 Å². The summed E-state index contributed by atoms with van der Waals surface area (Å²) in [5, 5.41) is 0. The van der Waals surface area contributed by atoms with E-state index in [0.29, 0.717) is 10.3 Å². The Hall–Kier alpha value is -1.62. The molecule has 1 aromatic carbocycles. The number of pyridine rings is 1. The Balaban J connectivity index is 2.66. The van der Waals surface area contributed by atoms with Crippen LogP contribution in [0.4, 0.5) is 13.2 Å². The Morgan fingerprint density at radius 3 is 2.38 bits per heavy atom. The molecule has 0 amide bonds. The third-order valence-corrected chi connectivity index (χ3v) is 2.33. The van der Waals surface area contributed by atoms with E-state index >= 15 is 0 Å². The molecular formula is C11H6F3NS. The monoisotopic (exact) mass is 241 g/mol. The van der Waals surface area contributed by atoms with Gasteiger partial charge in [-0.05, 0) is 24.3 Å². The van der Waals surface area contributed by atoms with E-state index in [1.54, 1.807) is 12.1 Å². The summed E-state index contributed by atoms with van der Waals surface area (Å²) in [6.07, 6.45) is 0. The number of nitrogens with one attached hydrogen (secondary N) is 1. The van der Waals surface area contributed by atoms with Gasteiger partial charge in [-0.25, -0.2) is 13.2 Å². The van der Waals surface area contributed by atoms with Crippen LogP contribution in [0.1, 0.15) is 0 Å². The van der Waals surface area contributed by atoms with Crippen molar-refractivity contribution in [2.24, 2.45) is 0 Å². The molecule has 1 aromatic heterocycles. The molecule has 1 nitrogen and oxygen atoms in total. The number of halogens is 3. The highest BCUT2D eigenvalue weighted by atomic mass is 32.1. The Kier molecular flexibility index (Phi) is 2.78. The molecule has 2 rings (SSSR count). The molecule has 0 unspecified atom stereocenters. The molecule has 16 heavy (non-hydrogen) atoms. The van der Waals surface area contributed by atoms with E-state index in [2.05, 4.69) is 4.98 Å². The van der Waals surface area contributed by atoms with Crippen molar-refractivity contribution in [1.29, 1.82) is 0 Å². The van der Waals surface area contributed by atoms with Crippen LogP contribution in [-0.2, 0) is 0 Å². The number of hydrogen-bond acceptors (Lipinski definition) is 1. The second-order valence-electron chi connectivity index (χ2n) is 3.15. The van der Waals surface area contributed by atoms with Crippen molar-refractivity contribution in [2.75, 3.05) is 0 Å². The van der Waals surface area contributed by atoms with Gasteiger partial charge in [0.25, 0.3) is 0 Å². The van der Waals surface area contributed by atoms with Crippen molar-refractivity contribution < 1.29 is 13.2 Å². The van der Waals surface area contributed by atoms with Gasteiger partial charge in [0.2, 0.25) is 0 Å². The van der Waals surface area contributed by atoms with Crippen molar-refractivity contribution in [3.05, 3.63) is 52.4 Å². The van der Waals surface area contributed by atoms with Gasteiger partial charge in [-0.3, -0.25) is 0 Å².